The maximum Gasteiger partial charge on any atom is 0.292 e. The topological polar surface area (TPSA) is 64.6 Å². The molecule has 2 aromatic rings. The van der Waals surface area contributed by atoms with Gasteiger partial charge in [-0.25, -0.2) is 0 Å². The van der Waals surface area contributed by atoms with Gasteiger partial charge in [0.15, 0.2) is 0 Å². The van der Waals surface area contributed by atoms with Gasteiger partial charge in [-0.05, 0) is 66.5 Å². The van der Waals surface area contributed by atoms with Crippen LogP contribution in [0.25, 0.3) is 5.57 Å². The fourth-order valence-electron chi connectivity index (χ4n) is 2.18. The summed E-state index contributed by atoms with van der Waals surface area (Å²) in [6, 6.07) is 11.4. The molecule has 1 amide bonds. The monoisotopic (exact) mass is 433 g/mol. The zero-order chi connectivity index (χ0) is 20.4. The molecule has 0 aliphatic heterocycles. The fourth-order valence-corrected chi connectivity index (χ4v) is 2.60. The smallest absolute Gasteiger partial charge is 0.292 e. The Labute approximate surface area is 168 Å². The zero-order valence-electron chi connectivity index (χ0n) is 16.0. The zero-order valence-corrected chi connectivity index (χ0v) is 17.6. The number of anilines is 1. The first-order valence-corrected chi connectivity index (χ1v) is 9.10. The van der Waals surface area contributed by atoms with Crippen LogP contribution < -0.4 is 10.1 Å². The van der Waals surface area contributed by atoms with Gasteiger partial charge in [0.25, 0.3) is 12.4 Å². The van der Waals surface area contributed by atoms with E-state index in [4.69, 9.17) is 9.53 Å². The number of amides is 1. The van der Waals surface area contributed by atoms with Crippen LogP contribution in [-0.2, 0) is 9.53 Å². The molecule has 2 aromatic carbocycles. The molecule has 0 unspecified atom stereocenters. The summed E-state index contributed by atoms with van der Waals surface area (Å²) in [5.74, 6) is 0.468. The van der Waals surface area contributed by atoms with Crippen LogP contribution in [0, 0.1) is 6.92 Å². The van der Waals surface area contributed by atoms with Crippen LogP contribution in [0.3, 0.4) is 0 Å². The van der Waals surface area contributed by atoms with E-state index < -0.39 is 0 Å². The number of carbonyl (C=O) groups excluding carboxylic acids is 2. The minimum Gasteiger partial charge on any atom is -0.492 e. The van der Waals surface area contributed by atoms with Crippen molar-refractivity contribution in [2.45, 2.75) is 20.8 Å². The summed E-state index contributed by atoms with van der Waals surface area (Å²) in [4.78, 5) is 21.6. The van der Waals surface area contributed by atoms with E-state index in [1.165, 1.54) is 7.11 Å². The molecule has 144 valence electrons. The third kappa shape index (κ3) is 6.90. The highest BCUT2D eigenvalue weighted by atomic mass is 79.9. The highest BCUT2D eigenvalue weighted by Gasteiger charge is 2.14. The lowest BCUT2D eigenvalue weighted by molar-refractivity contribution is -0.126. The molecular formula is C21H24BrNO4. The Balaban J connectivity index is 0.000000828. The van der Waals surface area contributed by atoms with Crippen molar-refractivity contribution in [2.24, 2.45) is 0 Å². The molecule has 0 radical (unpaired) electrons. The van der Waals surface area contributed by atoms with Gasteiger partial charge in [0, 0.05) is 4.47 Å². The van der Waals surface area contributed by atoms with E-state index in [0.29, 0.717) is 30.1 Å². The second-order valence-electron chi connectivity index (χ2n) is 5.69. The number of hydrogen-bond acceptors (Lipinski definition) is 4. The van der Waals surface area contributed by atoms with Gasteiger partial charge in [0.2, 0.25) is 0 Å². The number of rotatable bonds is 6. The molecule has 0 saturated heterocycles. The molecule has 2 rings (SSSR count). The second kappa shape index (κ2) is 11.2. The lowest BCUT2D eigenvalue weighted by atomic mass is 10.1. The summed E-state index contributed by atoms with van der Waals surface area (Å²) in [7, 11) is 1.31. The number of hydrogen-bond donors (Lipinski definition) is 1. The van der Waals surface area contributed by atoms with Crippen molar-refractivity contribution < 1.29 is 19.1 Å². The average molecular weight is 434 g/mol. The van der Waals surface area contributed by atoms with Gasteiger partial charge < -0.3 is 14.8 Å². The largest absolute Gasteiger partial charge is 0.492 e. The second-order valence-corrected chi connectivity index (χ2v) is 6.55. The maximum absolute atomic E-state index is 12.6. The minimum atomic E-state index is -0.180. The van der Waals surface area contributed by atoms with Gasteiger partial charge in [-0.15, -0.1) is 0 Å². The van der Waals surface area contributed by atoms with Gasteiger partial charge >= 0.3 is 0 Å². The number of halogens is 1. The molecule has 0 heterocycles. The lowest BCUT2D eigenvalue weighted by Gasteiger charge is -2.14. The average Bonchev–Trinajstić information content (AvgIpc) is 2.65. The van der Waals surface area contributed by atoms with Crippen LogP contribution in [0.4, 0.5) is 5.69 Å². The quantitative estimate of drug-likeness (QED) is 0.633. The molecule has 0 aliphatic carbocycles. The van der Waals surface area contributed by atoms with Crippen LogP contribution in [-0.4, -0.2) is 26.1 Å². The van der Waals surface area contributed by atoms with E-state index in [2.05, 4.69) is 32.6 Å². The molecule has 0 aliphatic rings. The Morgan fingerprint density at radius 2 is 1.93 bits per heavy atom. The molecule has 0 aromatic heterocycles. The fraction of sp³-hybridized carbons (Fsp3) is 0.238. The summed E-state index contributed by atoms with van der Waals surface area (Å²) in [6.45, 7) is 10.6. The predicted octanol–water partition coefficient (Wildman–Crippen LogP) is 5.23. The normalized spacial score (nSPS) is 9.52. The number of carbonyl (C=O) groups is 2. The summed E-state index contributed by atoms with van der Waals surface area (Å²) >= 11 is 3.43. The van der Waals surface area contributed by atoms with Crippen LogP contribution in [0.1, 0.15) is 35.3 Å². The molecular weight excluding hydrogens is 410 g/mol. The van der Waals surface area contributed by atoms with E-state index in [-0.39, 0.29) is 5.91 Å². The van der Waals surface area contributed by atoms with Gasteiger partial charge in [0.05, 0.1) is 25.0 Å². The Bertz CT molecular complexity index is 818. The number of aryl methyl sites for hydroxylation is 1. The van der Waals surface area contributed by atoms with Crippen molar-refractivity contribution in [2.75, 3.05) is 19.0 Å². The van der Waals surface area contributed by atoms with E-state index in [1.54, 1.807) is 0 Å². The van der Waals surface area contributed by atoms with E-state index in [0.717, 1.165) is 21.2 Å². The molecule has 0 spiro atoms. The van der Waals surface area contributed by atoms with Crippen LogP contribution in [0.2, 0.25) is 0 Å². The van der Waals surface area contributed by atoms with Crippen LogP contribution in [0.15, 0.2) is 47.4 Å². The van der Waals surface area contributed by atoms with Crippen LogP contribution in [0.5, 0.6) is 5.75 Å². The van der Waals surface area contributed by atoms with Crippen molar-refractivity contribution in [1.82, 2.24) is 0 Å². The molecule has 0 saturated carbocycles. The van der Waals surface area contributed by atoms with Gasteiger partial charge in [-0.3, -0.25) is 9.59 Å². The maximum atomic E-state index is 12.6. The SMILES string of the molecule is C=C(C)c1ccc(OCC)c(NC(=O)c2cc(C)ccc2Br)c1.COC=O. The lowest BCUT2D eigenvalue weighted by Crippen LogP contribution is -2.14. The van der Waals surface area contributed by atoms with Crippen molar-refractivity contribution in [1.29, 1.82) is 0 Å². The Kier molecular flexibility index (Phi) is 9.30. The minimum absolute atomic E-state index is 0.180. The number of methoxy groups -OCH3 is 1. The highest BCUT2D eigenvalue weighted by molar-refractivity contribution is 9.10. The molecule has 0 bridgehead atoms. The third-order valence-electron chi connectivity index (χ3n) is 3.48. The van der Waals surface area contributed by atoms with E-state index in [9.17, 15) is 4.79 Å². The first-order chi connectivity index (χ1) is 12.8. The molecule has 27 heavy (non-hydrogen) atoms. The van der Waals surface area contributed by atoms with E-state index in [1.807, 2.05) is 57.2 Å². The van der Waals surface area contributed by atoms with Crippen molar-refractivity contribution >= 4 is 39.6 Å². The summed E-state index contributed by atoms with van der Waals surface area (Å²) < 4.78 is 10.2. The van der Waals surface area contributed by atoms with Gasteiger partial charge in [-0.1, -0.05) is 29.8 Å². The van der Waals surface area contributed by atoms with E-state index >= 15 is 0 Å². The number of benzene rings is 2. The molecule has 5 nitrogen and oxygen atoms in total. The number of nitrogens with one attached hydrogen (secondary N) is 1. The number of ether oxygens (including phenoxy) is 2. The molecule has 1 N–H and O–H groups in total. The van der Waals surface area contributed by atoms with Crippen molar-refractivity contribution in [3.63, 3.8) is 0 Å². The van der Waals surface area contributed by atoms with Crippen molar-refractivity contribution in [3.05, 3.63) is 64.1 Å². The standard InChI is InChI=1S/C19H20BrNO2.C2H4O2/c1-5-23-18-9-7-14(12(2)3)11-17(18)21-19(22)15-10-13(4)6-8-16(15)20;1-4-2-3/h6-11H,2,5H2,1,3-4H3,(H,21,22);2H,1H3. The van der Waals surface area contributed by atoms with Crippen molar-refractivity contribution in [3.8, 4) is 5.75 Å². The molecule has 0 fully saturated rings. The third-order valence-corrected chi connectivity index (χ3v) is 4.17. The van der Waals surface area contributed by atoms with Gasteiger partial charge in [-0.2, -0.15) is 0 Å². The Morgan fingerprint density at radius 3 is 2.48 bits per heavy atom. The Morgan fingerprint density at radius 1 is 1.26 bits per heavy atom. The first-order valence-electron chi connectivity index (χ1n) is 8.30. The summed E-state index contributed by atoms with van der Waals surface area (Å²) in [6.07, 6.45) is 0. The summed E-state index contributed by atoms with van der Waals surface area (Å²) in [5, 5.41) is 2.94. The number of allylic oxidation sites excluding steroid dienone is 1. The predicted molar refractivity (Wildman–Crippen MR) is 112 cm³/mol. The Hall–Kier alpha value is -2.60. The highest BCUT2D eigenvalue weighted by Crippen LogP contribution is 2.29. The molecule has 6 heteroatoms. The summed E-state index contributed by atoms with van der Waals surface area (Å²) in [5.41, 5.74) is 4.16. The van der Waals surface area contributed by atoms with Gasteiger partial charge in [0.1, 0.15) is 5.75 Å². The first kappa shape index (κ1) is 22.4. The molecule has 0 atom stereocenters. The van der Waals surface area contributed by atoms with Crippen LogP contribution >= 0.6 is 15.9 Å².